The highest BCUT2D eigenvalue weighted by molar-refractivity contribution is 7.17. The molecule has 0 amide bonds. The number of hydrogen-bond acceptors (Lipinski definition) is 4. The second-order valence-electron chi connectivity index (χ2n) is 4.29. The molecule has 0 atom stereocenters. The van der Waals surface area contributed by atoms with Crippen molar-refractivity contribution >= 4 is 28.1 Å². The minimum absolute atomic E-state index is 0.267. The molecule has 0 saturated carbocycles. The lowest BCUT2D eigenvalue weighted by Gasteiger charge is -2.03. The lowest BCUT2D eigenvalue weighted by Crippen LogP contribution is -2.01. The van der Waals surface area contributed by atoms with Crippen LogP contribution in [0.4, 0.5) is 0 Å². The van der Waals surface area contributed by atoms with Crippen LogP contribution in [0.5, 0.6) is 0 Å². The Morgan fingerprint density at radius 2 is 2.05 bits per heavy atom. The molecule has 0 aliphatic carbocycles. The van der Waals surface area contributed by atoms with Gasteiger partial charge in [-0.3, -0.25) is 4.98 Å². The molecular weight excluding hydrogens is 270 g/mol. The second-order valence-corrected chi connectivity index (χ2v) is 5.38. The van der Waals surface area contributed by atoms with Gasteiger partial charge < -0.3 is 4.74 Å². The average Bonchev–Trinajstić information content (AvgIpc) is 2.97. The molecule has 0 bridgehead atoms. The van der Waals surface area contributed by atoms with Gasteiger partial charge in [0.25, 0.3) is 0 Å². The van der Waals surface area contributed by atoms with E-state index in [9.17, 15) is 4.79 Å². The van der Waals surface area contributed by atoms with Crippen LogP contribution in [0.25, 0.3) is 21.2 Å². The van der Waals surface area contributed by atoms with E-state index in [1.165, 1.54) is 11.3 Å². The van der Waals surface area contributed by atoms with Crippen LogP contribution in [0.1, 0.15) is 16.6 Å². The lowest BCUT2D eigenvalue weighted by atomic mass is 10.1. The number of hydrogen-bond donors (Lipinski definition) is 0. The molecule has 0 radical (unpaired) electrons. The first-order valence-electron chi connectivity index (χ1n) is 6.39. The molecule has 0 unspecified atom stereocenters. The molecule has 1 aromatic carbocycles. The molecule has 0 N–H and O–H groups in total. The SMILES string of the molecule is CCOC(=O)c1ccc(-c2cncc3ccccc23)s1. The number of fused-ring (bicyclic) bond motifs is 1. The molecule has 0 aliphatic heterocycles. The van der Waals surface area contributed by atoms with E-state index in [-0.39, 0.29) is 5.97 Å². The van der Waals surface area contributed by atoms with Gasteiger partial charge in [0.2, 0.25) is 0 Å². The van der Waals surface area contributed by atoms with Crippen molar-refractivity contribution < 1.29 is 9.53 Å². The molecule has 4 heteroatoms. The van der Waals surface area contributed by atoms with Gasteiger partial charge in [0.1, 0.15) is 4.88 Å². The van der Waals surface area contributed by atoms with Gasteiger partial charge in [-0.1, -0.05) is 24.3 Å². The first-order chi connectivity index (χ1) is 9.79. The Labute approximate surface area is 120 Å². The van der Waals surface area contributed by atoms with E-state index >= 15 is 0 Å². The van der Waals surface area contributed by atoms with E-state index in [2.05, 4.69) is 11.1 Å². The molecule has 0 aliphatic rings. The Balaban J connectivity index is 2.06. The van der Waals surface area contributed by atoms with E-state index in [4.69, 9.17) is 4.74 Å². The third kappa shape index (κ3) is 2.30. The van der Waals surface area contributed by atoms with Gasteiger partial charge in [-0.15, -0.1) is 11.3 Å². The predicted molar refractivity (Wildman–Crippen MR) is 81.0 cm³/mol. The van der Waals surface area contributed by atoms with Crippen LogP contribution in [-0.2, 0) is 4.74 Å². The zero-order valence-electron chi connectivity index (χ0n) is 11.0. The Hall–Kier alpha value is -2.20. The Morgan fingerprint density at radius 3 is 2.90 bits per heavy atom. The summed E-state index contributed by atoms with van der Waals surface area (Å²) in [5, 5.41) is 2.23. The summed E-state index contributed by atoms with van der Waals surface area (Å²) in [6.45, 7) is 2.20. The zero-order valence-corrected chi connectivity index (χ0v) is 11.8. The topological polar surface area (TPSA) is 39.2 Å². The summed E-state index contributed by atoms with van der Waals surface area (Å²) >= 11 is 1.43. The van der Waals surface area contributed by atoms with Crippen molar-refractivity contribution in [2.75, 3.05) is 6.61 Å². The number of benzene rings is 1. The maximum Gasteiger partial charge on any atom is 0.348 e. The summed E-state index contributed by atoms with van der Waals surface area (Å²) in [6.07, 6.45) is 3.68. The van der Waals surface area contributed by atoms with E-state index in [0.717, 1.165) is 21.2 Å². The van der Waals surface area contributed by atoms with E-state index in [1.807, 2.05) is 36.7 Å². The fraction of sp³-hybridized carbons (Fsp3) is 0.125. The maximum atomic E-state index is 11.7. The van der Waals surface area contributed by atoms with Crippen molar-refractivity contribution in [1.82, 2.24) is 4.98 Å². The van der Waals surface area contributed by atoms with Gasteiger partial charge in [0.15, 0.2) is 0 Å². The summed E-state index contributed by atoms with van der Waals surface area (Å²) in [5.41, 5.74) is 1.05. The molecule has 3 nitrogen and oxygen atoms in total. The minimum Gasteiger partial charge on any atom is -0.462 e. The highest BCUT2D eigenvalue weighted by Crippen LogP contribution is 2.33. The van der Waals surface area contributed by atoms with Crippen LogP contribution in [0.3, 0.4) is 0 Å². The number of carbonyl (C=O) groups excluding carboxylic acids is 1. The molecule has 0 saturated heterocycles. The van der Waals surface area contributed by atoms with Gasteiger partial charge in [0.05, 0.1) is 6.61 Å². The first-order valence-corrected chi connectivity index (χ1v) is 7.21. The Kier molecular flexibility index (Phi) is 3.48. The van der Waals surface area contributed by atoms with Crippen molar-refractivity contribution in [3.05, 3.63) is 53.7 Å². The number of thiophene rings is 1. The quantitative estimate of drug-likeness (QED) is 0.678. The highest BCUT2D eigenvalue weighted by Gasteiger charge is 2.12. The number of aromatic nitrogens is 1. The minimum atomic E-state index is -0.267. The predicted octanol–water partition coefficient (Wildman–Crippen LogP) is 4.14. The highest BCUT2D eigenvalue weighted by atomic mass is 32.1. The molecular formula is C16H13NO2S. The molecule has 0 spiro atoms. The van der Waals surface area contributed by atoms with Crippen molar-refractivity contribution in [2.24, 2.45) is 0 Å². The van der Waals surface area contributed by atoms with Crippen LogP contribution < -0.4 is 0 Å². The van der Waals surface area contributed by atoms with Gasteiger partial charge >= 0.3 is 5.97 Å². The molecule has 2 aromatic heterocycles. The van der Waals surface area contributed by atoms with Crippen LogP contribution in [0, 0.1) is 0 Å². The normalized spacial score (nSPS) is 10.7. The van der Waals surface area contributed by atoms with Crippen molar-refractivity contribution in [1.29, 1.82) is 0 Å². The average molecular weight is 283 g/mol. The number of esters is 1. The summed E-state index contributed by atoms with van der Waals surface area (Å²) in [7, 11) is 0. The third-order valence-corrected chi connectivity index (χ3v) is 4.11. The molecule has 3 rings (SSSR count). The number of rotatable bonds is 3. The summed E-state index contributed by atoms with van der Waals surface area (Å²) < 4.78 is 5.02. The van der Waals surface area contributed by atoms with Gasteiger partial charge in [-0.2, -0.15) is 0 Å². The van der Waals surface area contributed by atoms with Crippen LogP contribution in [0.15, 0.2) is 48.8 Å². The molecule has 3 aromatic rings. The van der Waals surface area contributed by atoms with E-state index < -0.39 is 0 Å². The number of pyridine rings is 1. The number of carbonyl (C=O) groups is 1. The standard InChI is InChI=1S/C16H13NO2S/c1-2-19-16(18)15-8-7-14(20-15)13-10-17-9-11-5-3-4-6-12(11)13/h3-10H,2H2,1H3. The van der Waals surface area contributed by atoms with Crippen LogP contribution in [0.2, 0.25) is 0 Å². The Morgan fingerprint density at radius 1 is 1.20 bits per heavy atom. The fourth-order valence-corrected chi connectivity index (χ4v) is 3.03. The van der Waals surface area contributed by atoms with Gasteiger partial charge in [-0.05, 0) is 24.4 Å². The Bertz CT molecular complexity index is 759. The smallest absolute Gasteiger partial charge is 0.348 e. The van der Waals surface area contributed by atoms with Gasteiger partial charge in [-0.25, -0.2) is 4.79 Å². The zero-order chi connectivity index (χ0) is 13.9. The van der Waals surface area contributed by atoms with Crippen molar-refractivity contribution in [3.63, 3.8) is 0 Å². The maximum absolute atomic E-state index is 11.7. The van der Waals surface area contributed by atoms with E-state index in [0.29, 0.717) is 11.5 Å². The second kappa shape index (κ2) is 5.43. The van der Waals surface area contributed by atoms with Crippen molar-refractivity contribution in [2.45, 2.75) is 6.92 Å². The van der Waals surface area contributed by atoms with E-state index in [1.54, 1.807) is 13.0 Å². The lowest BCUT2D eigenvalue weighted by molar-refractivity contribution is 0.0532. The summed E-state index contributed by atoms with van der Waals surface area (Å²) in [5.74, 6) is -0.267. The fourth-order valence-electron chi connectivity index (χ4n) is 2.11. The third-order valence-electron chi connectivity index (χ3n) is 3.02. The monoisotopic (exact) mass is 283 g/mol. The van der Waals surface area contributed by atoms with Crippen LogP contribution >= 0.6 is 11.3 Å². The molecule has 100 valence electrons. The largest absolute Gasteiger partial charge is 0.462 e. The number of nitrogens with zero attached hydrogens (tertiary/aromatic N) is 1. The molecule has 2 heterocycles. The summed E-state index contributed by atoms with van der Waals surface area (Å²) in [4.78, 5) is 17.6. The van der Waals surface area contributed by atoms with Gasteiger partial charge in [0, 0.05) is 28.2 Å². The molecule has 20 heavy (non-hydrogen) atoms. The first kappa shape index (κ1) is 12.8. The number of ether oxygens (including phenoxy) is 1. The molecule has 0 fully saturated rings. The summed E-state index contributed by atoms with van der Waals surface area (Å²) in [6, 6.07) is 11.8. The van der Waals surface area contributed by atoms with Crippen molar-refractivity contribution in [3.8, 4) is 10.4 Å². The van der Waals surface area contributed by atoms with Crippen LogP contribution in [-0.4, -0.2) is 17.6 Å².